The van der Waals surface area contributed by atoms with Crippen LogP contribution in [0.25, 0.3) is 11.0 Å². The highest BCUT2D eigenvalue weighted by molar-refractivity contribution is 14.1. The predicted molar refractivity (Wildman–Crippen MR) is 86.5 cm³/mol. The standard InChI is InChI=1S/C14H8ClIN2O2/c15-9-5-7(1-3-10(9)16)13(19)8-2-4-11-12(6-8)18-14(20)17-11/h1-6H,(H2,17,18,20). The first kappa shape index (κ1) is 13.4. The smallest absolute Gasteiger partial charge is 0.306 e. The first-order chi connectivity index (χ1) is 9.54. The van der Waals surface area contributed by atoms with Gasteiger partial charge in [-0.15, -0.1) is 0 Å². The van der Waals surface area contributed by atoms with Gasteiger partial charge in [-0.3, -0.25) is 4.79 Å². The van der Waals surface area contributed by atoms with Crippen LogP contribution in [0.2, 0.25) is 5.02 Å². The van der Waals surface area contributed by atoms with Gasteiger partial charge < -0.3 is 9.97 Å². The largest absolute Gasteiger partial charge is 0.323 e. The highest BCUT2D eigenvalue weighted by Gasteiger charge is 2.12. The van der Waals surface area contributed by atoms with Crippen LogP contribution in [0.5, 0.6) is 0 Å². The summed E-state index contributed by atoms with van der Waals surface area (Å²) < 4.78 is 0.895. The number of rotatable bonds is 2. The number of aromatic amines is 2. The van der Waals surface area contributed by atoms with E-state index in [0.717, 1.165) is 3.57 Å². The number of carbonyl (C=O) groups excluding carboxylic acids is 1. The lowest BCUT2D eigenvalue weighted by molar-refractivity contribution is 0.103. The zero-order valence-electron chi connectivity index (χ0n) is 10.0. The quantitative estimate of drug-likeness (QED) is 0.514. The summed E-state index contributed by atoms with van der Waals surface area (Å²) in [6, 6.07) is 10.2. The molecular weight excluding hydrogens is 391 g/mol. The van der Waals surface area contributed by atoms with Gasteiger partial charge >= 0.3 is 5.69 Å². The van der Waals surface area contributed by atoms with Gasteiger partial charge in [-0.1, -0.05) is 11.6 Å². The van der Waals surface area contributed by atoms with E-state index in [1.165, 1.54) is 0 Å². The average Bonchev–Trinajstić information content (AvgIpc) is 2.80. The Labute approximate surface area is 132 Å². The van der Waals surface area contributed by atoms with Crippen molar-refractivity contribution < 1.29 is 4.79 Å². The van der Waals surface area contributed by atoms with Crippen LogP contribution < -0.4 is 5.69 Å². The molecule has 1 heterocycles. The molecule has 6 heteroatoms. The molecule has 1 aromatic heterocycles. The van der Waals surface area contributed by atoms with E-state index < -0.39 is 0 Å². The molecule has 0 bridgehead atoms. The number of carbonyl (C=O) groups is 1. The van der Waals surface area contributed by atoms with E-state index >= 15 is 0 Å². The van der Waals surface area contributed by atoms with Crippen molar-refractivity contribution in [2.24, 2.45) is 0 Å². The minimum Gasteiger partial charge on any atom is -0.306 e. The van der Waals surface area contributed by atoms with Gasteiger partial charge in [0.2, 0.25) is 0 Å². The average molecular weight is 399 g/mol. The molecule has 0 amide bonds. The van der Waals surface area contributed by atoms with Gasteiger partial charge in [0.05, 0.1) is 16.1 Å². The fraction of sp³-hybridized carbons (Fsp3) is 0. The summed E-state index contributed by atoms with van der Waals surface area (Å²) in [6.07, 6.45) is 0. The Kier molecular flexibility index (Phi) is 3.39. The number of ketones is 1. The molecule has 20 heavy (non-hydrogen) atoms. The summed E-state index contributed by atoms with van der Waals surface area (Å²) in [5, 5.41) is 0.549. The first-order valence-electron chi connectivity index (χ1n) is 5.76. The van der Waals surface area contributed by atoms with Crippen LogP contribution in [0.15, 0.2) is 41.2 Å². The van der Waals surface area contributed by atoms with E-state index in [2.05, 4.69) is 32.6 Å². The first-order valence-corrected chi connectivity index (χ1v) is 7.22. The van der Waals surface area contributed by atoms with Gasteiger partial charge in [0.25, 0.3) is 0 Å². The van der Waals surface area contributed by atoms with E-state index in [4.69, 9.17) is 11.6 Å². The zero-order valence-corrected chi connectivity index (χ0v) is 12.9. The van der Waals surface area contributed by atoms with Crippen LogP contribution in [0.3, 0.4) is 0 Å². The number of nitrogens with one attached hydrogen (secondary N) is 2. The Morgan fingerprint density at radius 2 is 1.65 bits per heavy atom. The van der Waals surface area contributed by atoms with Gasteiger partial charge in [0, 0.05) is 14.7 Å². The number of benzene rings is 2. The third kappa shape index (κ3) is 2.38. The predicted octanol–water partition coefficient (Wildman–Crippen LogP) is 3.35. The highest BCUT2D eigenvalue weighted by Crippen LogP contribution is 2.22. The van der Waals surface area contributed by atoms with E-state index in [0.29, 0.717) is 27.2 Å². The Morgan fingerprint density at radius 3 is 2.40 bits per heavy atom. The van der Waals surface area contributed by atoms with E-state index in [1.807, 2.05) is 0 Å². The highest BCUT2D eigenvalue weighted by atomic mass is 127. The van der Waals surface area contributed by atoms with Crippen LogP contribution in [-0.4, -0.2) is 15.8 Å². The summed E-state index contributed by atoms with van der Waals surface area (Å²) in [7, 11) is 0. The number of hydrogen-bond acceptors (Lipinski definition) is 2. The van der Waals surface area contributed by atoms with Crippen molar-refractivity contribution in [1.29, 1.82) is 0 Å². The lowest BCUT2D eigenvalue weighted by Gasteiger charge is -2.03. The van der Waals surface area contributed by atoms with Crippen molar-refractivity contribution >= 4 is 51.0 Å². The van der Waals surface area contributed by atoms with Crippen molar-refractivity contribution in [2.75, 3.05) is 0 Å². The number of hydrogen-bond donors (Lipinski definition) is 2. The molecule has 0 radical (unpaired) electrons. The maximum Gasteiger partial charge on any atom is 0.323 e. The molecule has 0 fully saturated rings. The Balaban J connectivity index is 2.07. The summed E-state index contributed by atoms with van der Waals surface area (Å²) in [6.45, 7) is 0. The molecule has 0 aliphatic carbocycles. The molecule has 0 aliphatic heterocycles. The number of imidazole rings is 1. The minimum absolute atomic E-state index is 0.132. The molecule has 4 nitrogen and oxygen atoms in total. The fourth-order valence-electron chi connectivity index (χ4n) is 1.98. The number of H-pyrrole nitrogens is 2. The molecule has 0 saturated carbocycles. The second-order valence-electron chi connectivity index (χ2n) is 4.30. The summed E-state index contributed by atoms with van der Waals surface area (Å²) in [5.41, 5.74) is 2.02. The van der Waals surface area contributed by atoms with E-state index in [9.17, 15) is 9.59 Å². The Morgan fingerprint density at radius 1 is 1.00 bits per heavy atom. The molecule has 0 unspecified atom stereocenters. The molecule has 3 aromatic rings. The molecule has 2 N–H and O–H groups in total. The lowest BCUT2D eigenvalue weighted by Crippen LogP contribution is -2.01. The molecular formula is C14H8ClIN2O2. The molecule has 2 aromatic carbocycles. The second kappa shape index (κ2) is 5.06. The van der Waals surface area contributed by atoms with Gasteiger partial charge in [0.1, 0.15) is 0 Å². The monoisotopic (exact) mass is 398 g/mol. The van der Waals surface area contributed by atoms with Gasteiger partial charge in [-0.05, 0) is 59.0 Å². The number of aromatic nitrogens is 2. The van der Waals surface area contributed by atoms with Crippen molar-refractivity contribution in [1.82, 2.24) is 9.97 Å². The van der Waals surface area contributed by atoms with Crippen LogP contribution in [0, 0.1) is 3.57 Å². The SMILES string of the molecule is O=C(c1ccc(I)c(Cl)c1)c1ccc2[nH]c(=O)[nH]c2c1. The molecule has 100 valence electrons. The maximum atomic E-state index is 12.4. The maximum absolute atomic E-state index is 12.4. The summed E-state index contributed by atoms with van der Waals surface area (Å²) in [5.74, 6) is -0.132. The number of halogens is 2. The van der Waals surface area contributed by atoms with Crippen molar-refractivity contribution in [3.63, 3.8) is 0 Å². The van der Waals surface area contributed by atoms with Crippen molar-refractivity contribution in [3.05, 3.63) is 66.6 Å². The molecule has 0 saturated heterocycles. The normalized spacial score (nSPS) is 10.9. The number of fused-ring (bicyclic) bond motifs is 1. The van der Waals surface area contributed by atoms with Gasteiger partial charge in [0.15, 0.2) is 5.78 Å². The van der Waals surface area contributed by atoms with Gasteiger partial charge in [-0.2, -0.15) is 0 Å². The second-order valence-corrected chi connectivity index (χ2v) is 5.87. The molecule has 3 rings (SSSR count). The van der Waals surface area contributed by atoms with E-state index in [1.54, 1.807) is 36.4 Å². The fourth-order valence-corrected chi connectivity index (χ4v) is 2.49. The zero-order chi connectivity index (χ0) is 14.3. The molecule has 0 aliphatic rings. The summed E-state index contributed by atoms with van der Waals surface area (Å²) >= 11 is 8.14. The summed E-state index contributed by atoms with van der Waals surface area (Å²) in [4.78, 5) is 28.9. The molecule has 0 spiro atoms. The van der Waals surface area contributed by atoms with Crippen LogP contribution in [0.4, 0.5) is 0 Å². The van der Waals surface area contributed by atoms with Gasteiger partial charge in [-0.25, -0.2) is 4.79 Å². The van der Waals surface area contributed by atoms with Crippen molar-refractivity contribution in [3.8, 4) is 0 Å². The third-order valence-corrected chi connectivity index (χ3v) is 4.53. The minimum atomic E-state index is -0.290. The Bertz CT molecular complexity index is 882. The third-order valence-electron chi connectivity index (χ3n) is 2.96. The van der Waals surface area contributed by atoms with Crippen LogP contribution >= 0.6 is 34.2 Å². The van der Waals surface area contributed by atoms with Crippen molar-refractivity contribution in [2.45, 2.75) is 0 Å². The van der Waals surface area contributed by atoms with Crippen LogP contribution in [0.1, 0.15) is 15.9 Å². The topological polar surface area (TPSA) is 65.7 Å². The lowest BCUT2D eigenvalue weighted by atomic mass is 10.0. The Hall–Kier alpha value is -1.60. The van der Waals surface area contributed by atoms with E-state index in [-0.39, 0.29) is 11.5 Å². The molecule has 0 atom stereocenters. The van der Waals surface area contributed by atoms with Crippen LogP contribution in [-0.2, 0) is 0 Å².